The number of Topliss-reactive ketones (excluding diaryl/α,β-unsaturated/α-hetero) is 1. The summed E-state index contributed by atoms with van der Waals surface area (Å²) < 4.78 is 30.5. The van der Waals surface area contributed by atoms with Crippen LogP contribution < -0.4 is 4.74 Å². The highest BCUT2D eigenvalue weighted by atomic mass is 28.4. The number of methoxy groups -OCH3 is 1. The van der Waals surface area contributed by atoms with E-state index in [2.05, 4.69) is 33.9 Å². The van der Waals surface area contributed by atoms with Crippen molar-refractivity contribution >= 4 is 14.1 Å². The van der Waals surface area contributed by atoms with Crippen LogP contribution in [0.15, 0.2) is 78.9 Å². The minimum Gasteiger partial charge on any atom is -0.497 e. The first-order valence-corrected chi connectivity index (χ1v) is 17.8. The summed E-state index contributed by atoms with van der Waals surface area (Å²) in [4.78, 5) is 14.0. The molecule has 230 valence electrons. The van der Waals surface area contributed by atoms with Gasteiger partial charge in [-0.1, -0.05) is 83.3 Å². The van der Waals surface area contributed by atoms with Crippen molar-refractivity contribution in [1.29, 1.82) is 0 Å². The second-order valence-electron chi connectivity index (χ2n) is 11.3. The lowest BCUT2D eigenvalue weighted by molar-refractivity contribution is -0.148. The Balaban J connectivity index is 1.63. The van der Waals surface area contributed by atoms with Crippen molar-refractivity contribution in [3.05, 3.63) is 90.0 Å². The van der Waals surface area contributed by atoms with Crippen molar-refractivity contribution in [2.24, 2.45) is 5.92 Å². The van der Waals surface area contributed by atoms with E-state index in [1.807, 2.05) is 61.5 Å². The summed E-state index contributed by atoms with van der Waals surface area (Å²) in [7, 11) is -0.349. The Morgan fingerprint density at radius 3 is 2.21 bits per heavy atom. The molecule has 0 unspecified atom stereocenters. The molecule has 0 aliphatic carbocycles. The maximum atomic E-state index is 14.0. The fourth-order valence-corrected chi connectivity index (χ4v) is 8.15. The summed E-state index contributed by atoms with van der Waals surface area (Å²) in [5.74, 6) is 0.676. The lowest BCUT2D eigenvalue weighted by Gasteiger charge is -2.42. The number of benzene rings is 2. The molecule has 0 spiro atoms. The maximum absolute atomic E-state index is 14.0. The van der Waals surface area contributed by atoms with Crippen LogP contribution in [0.4, 0.5) is 0 Å². The van der Waals surface area contributed by atoms with E-state index in [0.717, 1.165) is 40.6 Å². The van der Waals surface area contributed by atoms with Gasteiger partial charge in [0.05, 0.1) is 33.0 Å². The molecular formula is C35H50O6Si. The highest BCUT2D eigenvalue weighted by molar-refractivity contribution is 6.73. The molecule has 0 N–H and O–H groups in total. The fourth-order valence-electron chi connectivity index (χ4n) is 5.30. The molecule has 6 nitrogen and oxygen atoms in total. The van der Waals surface area contributed by atoms with Gasteiger partial charge in [-0.2, -0.15) is 0 Å². The number of ether oxygens (including phenoxy) is 4. The Bertz CT molecular complexity index is 1120. The molecule has 0 amide bonds. The lowest BCUT2D eigenvalue weighted by atomic mass is 9.88. The Morgan fingerprint density at radius 1 is 0.976 bits per heavy atom. The Hall–Kier alpha value is -2.55. The molecule has 0 radical (unpaired) electrons. The van der Waals surface area contributed by atoms with Gasteiger partial charge in [0.1, 0.15) is 18.0 Å². The standard InChI is InChI=1S/C35H50O6Si/c1-8-42(9-2,10-3)41-32-22-27(5)33(25-39-24-29-14-12-11-13-15-29)40-35(32)34(36)28(6)26(4)20-21-38-23-30-16-18-31(37-7)19-17-30/h11-19,26,32-33,35H,5-6,8-10,20-25H2,1-4,7H3/t26-,32+,33+,35+/m1/s1. The minimum atomic E-state index is -2.00. The highest BCUT2D eigenvalue weighted by Crippen LogP contribution is 2.34. The predicted molar refractivity (Wildman–Crippen MR) is 171 cm³/mol. The fraction of sp³-hybridized carbons (Fsp3) is 0.514. The van der Waals surface area contributed by atoms with Crippen LogP contribution >= 0.6 is 0 Å². The average molecular weight is 595 g/mol. The summed E-state index contributed by atoms with van der Waals surface area (Å²) in [6, 6.07) is 20.9. The van der Waals surface area contributed by atoms with Crippen molar-refractivity contribution < 1.29 is 28.2 Å². The quantitative estimate of drug-likeness (QED) is 0.0763. The van der Waals surface area contributed by atoms with Gasteiger partial charge in [0, 0.05) is 6.61 Å². The van der Waals surface area contributed by atoms with Crippen LogP contribution in [0.25, 0.3) is 0 Å². The van der Waals surface area contributed by atoms with E-state index < -0.39 is 14.4 Å². The second kappa shape index (κ2) is 16.9. The van der Waals surface area contributed by atoms with E-state index in [1.165, 1.54) is 0 Å². The van der Waals surface area contributed by atoms with Crippen LogP contribution in [0.1, 0.15) is 51.7 Å². The van der Waals surface area contributed by atoms with Crippen molar-refractivity contribution in [2.75, 3.05) is 20.3 Å². The topological polar surface area (TPSA) is 63.2 Å². The summed E-state index contributed by atoms with van der Waals surface area (Å²) in [6.07, 6.45) is -0.201. The van der Waals surface area contributed by atoms with E-state index in [0.29, 0.717) is 44.8 Å². The van der Waals surface area contributed by atoms with Crippen LogP contribution in [-0.2, 0) is 36.6 Å². The maximum Gasteiger partial charge on any atom is 0.192 e. The smallest absolute Gasteiger partial charge is 0.192 e. The molecule has 7 heteroatoms. The summed E-state index contributed by atoms with van der Waals surface area (Å²) in [5.41, 5.74) is 3.63. The number of carbonyl (C=O) groups excluding carboxylic acids is 1. The molecule has 42 heavy (non-hydrogen) atoms. The van der Waals surface area contributed by atoms with Crippen LogP contribution in [0.3, 0.4) is 0 Å². The molecule has 1 fully saturated rings. The van der Waals surface area contributed by atoms with Crippen molar-refractivity contribution in [1.82, 2.24) is 0 Å². The van der Waals surface area contributed by atoms with E-state index >= 15 is 0 Å². The number of ketones is 1. The molecule has 0 saturated carbocycles. The van der Waals surface area contributed by atoms with Gasteiger partial charge in [0.15, 0.2) is 14.1 Å². The largest absolute Gasteiger partial charge is 0.497 e. The van der Waals surface area contributed by atoms with Gasteiger partial charge in [-0.15, -0.1) is 0 Å². The second-order valence-corrected chi connectivity index (χ2v) is 16.0. The Morgan fingerprint density at radius 2 is 1.60 bits per heavy atom. The normalized spacial score (nSPS) is 19.8. The number of hydrogen-bond donors (Lipinski definition) is 0. The van der Waals surface area contributed by atoms with E-state index in [1.54, 1.807) is 7.11 Å². The molecule has 2 aromatic rings. The third-order valence-corrected chi connectivity index (χ3v) is 13.2. The summed E-state index contributed by atoms with van der Waals surface area (Å²) in [6.45, 7) is 19.0. The minimum absolute atomic E-state index is 0.0546. The van der Waals surface area contributed by atoms with Gasteiger partial charge in [0.25, 0.3) is 0 Å². The Labute approximate surface area is 254 Å². The van der Waals surface area contributed by atoms with Gasteiger partial charge in [-0.3, -0.25) is 4.79 Å². The first-order chi connectivity index (χ1) is 20.3. The zero-order valence-corrected chi connectivity index (χ0v) is 27.2. The van der Waals surface area contributed by atoms with Gasteiger partial charge in [0.2, 0.25) is 0 Å². The van der Waals surface area contributed by atoms with Gasteiger partial charge >= 0.3 is 0 Å². The van der Waals surface area contributed by atoms with E-state index in [9.17, 15) is 4.79 Å². The first-order valence-electron chi connectivity index (χ1n) is 15.3. The van der Waals surface area contributed by atoms with Crippen LogP contribution in [0, 0.1) is 5.92 Å². The molecule has 1 heterocycles. The molecule has 0 aromatic heterocycles. The predicted octanol–water partition coefficient (Wildman–Crippen LogP) is 7.68. The van der Waals surface area contributed by atoms with Crippen molar-refractivity contribution in [3.8, 4) is 5.75 Å². The monoisotopic (exact) mass is 594 g/mol. The SMILES string of the molecule is C=C(C(=O)[C@H]1O[C@@H](COCc2ccccc2)C(=C)C[C@@H]1O[Si](CC)(CC)CC)[C@H](C)CCOCc1ccc(OC)cc1. The van der Waals surface area contributed by atoms with Gasteiger partial charge < -0.3 is 23.4 Å². The molecule has 1 aliphatic heterocycles. The molecule has 4 atom stereocenters. The zero-order chi connectivity index (χ0) is 30.5. The van der Waals surface area contributed by atoms with Gasteiger partial charge in [-0.05, 0) is 71.3 Å². The van der Waals surface area contributed by atoms with Crippen molar-refractivity contribution in [3.63, 3.8) is 0 Å². The first kappa shape index (κ1) is 33.9. The summed E-state index contributed by atoms with van der Waals surface area (Å²) >= 11 is 0. The van der Waals surface area contributed by atoms with Crippen molar-refractivity contribution in [2.45, 2.75) is 90.2 Å². The van der Waals surface area contributed by atoms with Crippen LogP contribution in [0.2, 0.25) is 18.1 Å². The number of rotatable bonds is 18. The van der Waals surface area contributed by atoms with E-state index in [4.69, 9.17) is 23.4 Å². The summed E-state index contributed by atoms with van der Waals surface area (Å²) in [5, 5.41) is 0. The molecule has 3 rings (SSSR count). The van der Waals surface area contributed by atoms with Gasteiger partial charge in [-0.25, -0.2) is 0 Å². The van der Waals surface area contributed by atoms with Crippen LogP contribution in [-0.4, -0.2) is 52.7 Å². The molecule has 1 aliphatic rings. The average Bonchev–Trinajstić information content (AvgIpc) is 3.03. The molecular weight excluding hydrogens is 544 g/mol. The molecule has 2 aromatic carbocycles. The van der Waals surface area contributed by atoms with E-state index in [-0.39, 0.29) is 23.9 Å². The lowest BCUT2D eigenvalue weighted by Crippen LogP contribution is -2.53. The third kappa shape index (κ3) is 9.48. The number of carbonyl (C=O) groups is 1. The zero-order valence-electron chi connectivity index (χ0n) is 26.2. The molecule has 1 saturated heterocycles. The third-order valence-electron chi connectivity index (χ3n) is 8.58. The number of hydrogen-bond acceptors (Lipinski definition) is 6. The van der Waals surface area contributed by atoms with Crippen LogP contribution in [0.5, 0.6) is 5.75 Å². The highest BCUT2D eigenvalue weighted by Gasteiger charge is 2.44. The molecule has 0 bridgehead atoms. The Kier molecular flexibility index (Phi) is 13.7.